The molecule has 0 aliphatic carbocycles. The van der Waals surface area contributed by atoms with Crippen LogP contribution in [0.4, 0.5) is 0 Å². The molecule has 0 spiro atoms. The third-order valence-electron chi connectivity index (χ3n) is 3.86. The molecule has 0 atom stereocenters. The number of halogens is 1. The molecule has 2 aromatic rings. The van der Waals surface area contributed by atoms with Gasteiger partial charge in [-0.15, -0.1) is 0 Å². The highest BCUT2D eigenvalue weighted by atomic mass is 79.9. The first-order valence-corrected chi connectivity index (χ1v) is 9.80. The molecule has 0 aliphatic heterocycles. The highest BCUT2D eigenvalue weighted by molar-refractivity contribution is 9.10. The molecule has 0 aliphatic rings. The number of nitrogens with one attached hydrogen (secondary N) is 1. The van der Waals surface area contributed by atoms with Crippen LogP contribution in [0, 0.1) is 0 Å². The Morgan fingerprint density at radius 3 is 2.62 bits per heavy atom. The van der Waals surface area contributed by atoms with Crippen molar-refractivity contribution in [2.24, 2.45) is 5.10 Å². The highest BCUT2D eigenvalue weighted by Crippen LogP contribution is 2.13. The van der Waals surface area contributed by atoms with Gasteiger partial charge in [-0.25, -0.2) is 5.43 Å². The summed E-state index contributed by atoms with van der Waals surface area (Å²) in [5, 5.41) is 4.00. The van der Waals surface area contributed by atoms with E-state index in [0.29, 0.717) is 5.56 Å². The van der Waals surface area contributed by atoms with Gasteiger partial charge in [0.1, 0.15) is 5.75 Å². The number of hydrogen-bond donors (Lipinski definition) is 1. The van der Waals surface area contributed by atoms with Gasteiger partial charge in [-0.2, -0.15) is 5.10 Å². The summed E-state index contributed by atoms with van der Waals surface area (Å²) in [6.07, 6.45) is 7.76. The van der Waals surface area contributed by atoms with Crippen molar-refractivity contribution in [3.63, 3.8) is 0 Å². The normalized spacial score (nSPS) is 10.8. The molecule has 0 aromatic heterocycles. The number of hydrogen-bond acceptors (Lipinski definition) is 3. The van der Waals surface area contributed by atoms with Crippen LogP contribution in [0.1, 0.15) is 54.9 Å². The molecule has 0 radical (unpaired) electrons. The zero-order chi connectivity index (χ0) is 18.6. The van der Waals surface area contributed by atoms with E-state index < -0.39 is 0 Å². The summed E-state index contributed by atoms with van der Waals surface area (Å²) in [4.78, 5) is 12.0. The first-order valence-electron chi connectivity index (χ1n) is 9.01. The number of nitrogens with zero attached hydrogens (tertiary/aromatic N) is 1. The van der Waals surface area contributed by atoms with Crippen molar-refractivity contribution in [2.75, 3.05) is 6.61 Å². The minimum atomic E-state index is -0.245. The van der Waals surface area contributed by atoms with Gasteiger partial charge in [0.2, 0.25) is 0 Å². The Bertz CT molecular complexity index is 714. The summed E-state index contributed by atoms with van der Waals surface area (Å²) in [7, 11) is 0. The average molecular weight is 417 g/mol. The quantitative estimate of drug-likeness (QED) is 0.313. The van der Waals surface area contributed by atoms with Gasteiger partial charge in [-0.3, -0.25) is 4.79 Å². The van der Waals surface area contributed by atoms with Gasteiger partial charge >= 0.3 is 0 Å². The van der Waals surface area contributed by atoms with E-state index in [-0.39, 0.29) is 5.91 Å². The fraction of sp³-hybridized carbons (Fsp3) is 0.333. The van der Waals surface area contributed by atoms with E-state index in [1.54, 1.807) is 18.3 Å². The van der Waals surface area contributed by atoms with Crippen molar-refractivity contribution in [3.05, 3.63) is 64.1 Å². The molecule has 0 saturated carbocycles. The van der Waals surface area contributed by atoms with Crippen LogP contribution in [-0.4, -0.2) is 18.7 Å². The Kier molecular flexibility index (Phi) is 8.90. The molecule has 4 nitrogen and oxygen atoms in total. The average Bonchev–Trinajstić information content (AvgIpc) is 2.65. The monoisotopic (exact) mass is 416 g/mol. The molecular weight excluding hydrogens is 392 g/mol. The lowest BCUT2D eigenvalue weighted by molar-refractivity contribution is 0.0955. The van der Waals surface area contributed by atoms with E-state index in [1.807, 2.05) is 36.4 Å². The van der Waals surface area contributed by atoms with Gasteiger partial charge < -0.3 is 4.74 Å². The lowest BCUT2D eigenvalue weighted by Gasteiger charge is -2.06. The fourth-order valence-corrected chi connectivity index (χ4v) is 2.80. The zero-order valence-electron chi connectivity index (χ0n) is 15.1. The van der Waals surface area contributed by atoms with Gasteiger partial charge in [0, 0.05) is 10.0 Å². The maximum atomic E-state index is 12.0. The SMILES string of the molecule is CCCCCCCOc1ccc(C=NNC(=O)c2cccc(Br)c2)cc1. The number of amides is 1. The molecule has 2 aromatic carbocycles. The highest BCUT2D eigenvalue weighted by Gasteiger charge is 2.03. The van der Waals surface area contributed by atoms with Crippen LogP contribution in [0.3, 0.4) is 0 Å². The number of benzene rings is 2. The van der Waals surface area contributed by atoms with Crippen molar-refractivity contribution in [2.45, 2.75) is 39.0 Å². The summed E-state index contributed by atoms with van der Waals surface area (Å²) in [6, 6.07) is 14.8. The molecule has 0 saturated heterocycles. The second-order valence-electron chi connectivity index (χ2n) is 6.04. The van der Waals surface area contributed by atoms with Crippen molar-refractivity contribution < 1.29 is 9.53 Å². The van der Waals surface area contributed by atoms with E-state index in [4.69, 9.17) is 4.74 Å². The molecule has 26 heavy (non-hydrogen) atoms. The Hall–Kier alpha value is -2.14. The summed E-state index contributed by atoms with van der Waals surface area (Å²) in [6.45, 7) is 2.97. The molecular formula is C21H25BrN2O2. The Labute approximate surface area is 163 Å². The first kappa shape index (κ1) is 20.2. The van der Waals surface area contributed by atoms with E-state index in [9.17, 15) is 4.79 Å². The van der Waals surface area contributed by atoms with Crippen molar-refractivity contribution >= 4 is 28.1 Å². The van der Waals surface area contributed by atoms with Crippen LogP contribution in [0.5, 0.6) is 5.75 Å². The van der Waals surface area contributed by atoms with Crippen molar-refractivity contribution in [1.82, 2.24) is 5.43 Å². The minimum Gasteiger partial charge on any atom is -0.494 e. The Morgan fingerprint density at radius 1 is 1.12 bits per heavy atom. The van der Waals surface area contributed by atoms with Gasteiger partial charge in [0.25, 0.3) is 5.91 Å². The van der Waals surface area contributed by atoms with E-state index in [2.05, 4.69) is 33.4 Å². The van der Waals surface area contributed by atoms with Gasteiger partial charge in [-0.05, 0) is 54.4 Å². The number of ether oxygens (including phenoxy) is 1. The number of rotatable bonds is 10. The van der Waals surface area contributed by atoms with Gasteiger partial charge in [0.05, 0.1) is 12.8 Å². The fourth-order valence-electron chi connectivity index (χ4n) is 2.41. The molecule has 2 rings (SSSR count). The van der Waals surface area contributed by atoms with Gasteiger partial charge in [0.15, 0.2) is 0 Å². The van der Waals surface area contributed by atoms with Crippen LogP contribution in [0.2, 0.25) is 0 Å². The van der Waals surface area contributed by atoms with Crippen molar-refractivity contribution in [3.8, 4) is 5.75 Å². The second kappa shape index (κ2) is 11.5. The maximum Gasteiger partial charge on any atom is 0.271 e. The Balaban J connectivity index is 1.74. The molecule has 5 heteroatoms. The molecule has 0 unspecified atom stereocenters. The molecule has 0 bridgehead atoms. The van der Waals surface area contributed by atoms with Crippen molar-refractivity contribution in [1.29, 1.82) is 0 Å². The molecule has 0 fully saturated rings. The summed E-state index contributed by atoms with van der Waals surface area (Å²) < 4.78 is 6.59. The summed E-state index contributed by atoms with van der Waals surface area (Å²) in [5.41, 5.74) is 3.98. The van der Waals surface area contributed by atoms with Crippen LogP contribution in [0.15, 0.2) is 58.1 Å². The smallest absolute Gasteiger partial charge is 0.271 e. The molecule has 1 N–H and O–H groups in total. The van der Waals surface area contributed by atoms with E-state index in [1.165, 1.54) is 25.7 Å². The Morgan fingerprint density at radius 2 is 1.88 bits per heavy atom. The largest absolute Gasteiger partial charge is 0.494 e. The van der Waals surface area contributed by atoms with Gasteiger partial charge in [-0.1, -0.05) is 54.6 Å². The summed E-state index contributed by atoms with van der Waals surface area (Å²) >= 11 is 3.35. The third kappa shape index (κ3) is 7.40. The van der Waals surface area contributed by atoms with Crippen LogP contribution in [-0.2, 0) is 0 Å². The second-order valence-corrected chi connectivity index (χ2v) is 6.96. The predicted molar refractivity (Wildman–Crippen MR) is 110 cm³/mol. The third-order valence-corrected chi connectivity index (χ3v) is 4.36. The van der Waals surface area contributed by atoms with Crippen LogP contribution < -0.4 is 10.2 Å². The van der Waals surface area contributed by atoms with E-state index in [0.717, 1.165) is 28.8 Å². The summed E-state index contributed by atoms with van der Waals surface area (Å²) in [5.74, 6) is 0.612. The number of carbonyl (C=O) groups excluding carboxylic acids is 1. The topological polar surface area (TPSA) is 50.7 Å². The van der Waals surface area contributed by atoms with E-state index >= 15 is 0 Å². The minimum absolute atomic E-state index is 0.245. The first-order chi connectivity index (χ1) is 12.7. The lowest BCUT2D eigenvalue weighted by atomic mass is 10.2. The lowest BCUT2D eigenvalue weighted by Crippen LogP contribution is -2.17. The zero-order valence-corrected chi connectivity index (χ0v) is 16.7. The standard InChI is InChI=1S/C21H25BrN2O2/c1-2-3-4-5-6-14-26-20-12-10-17(11-13-20)16-23-24-21(25)18-8-7-9-19(22)15-18/h7-13,15-16H,2-6,14H2,1H3,(H,24,25). The number of unbranched alkanes of at least 4 members (excludes halogenated alkanes) is 4. The molecule has 1 amide bonds. The number of hydrazone groups is 1. The maximum absolute atomic E-state index is 12.0. The molecule has 0 heterocycles. The van der Waals surface area contributed by atoms with Crippen LogP contribution >= 0.6 is 15.9 Å². The number of carbonyl (C=O) groups is 1. The van der Waals surface area contributed by atoms with Crippen LogP contribution in [0.25, 0.3) is 0 Å². The molecule has 138 valence electrons. The predicted octanol–water partition coefficient (Wildman–Crippen LogP) is 5.56.